The van der Waals surface area contributed by atoms with Gasteiger partial charge in [-0.3, -0.25) is 10.5 Å². The lowest BCUT2D eigenvalue weighted by atomic mass is 10.0. The molecule has 0 amide bonds. The van der Waals surface area contributed by atoms with Crippen molar-refractivity contribution in [2.75, 3.05) is 30.5 Å². The molecule has 0 aliphatic carbocycles. The first kappa shape index (κ1) is 12.1. The minimum Gasteiger partial charge on any atom is -0.381 e. The fraction of sp³-hybridized carbons (Fsp3) is 0.545. The van der Waals surface area contributed by atoms with Crippen LogP contribution in [0, 0.1) is 5.92 Å². The van der Waals surface area contributed by atoms with Gasteiger partial charge in [-0.25, -0.2) is 5.84 Å². The van der Waals surface area contributed by atoms with E-state index in [9.17, 15) is 0 Å². The van der Waals surface area contributed by atoms with Crippen LogP contribution in [0.15, 0.2) is 6.20 Å². The van der Waals surface area contributed by atoms with Gasteiger partial charge in [-0.05, 0) is 18.8 Å². The van der Waals surface area contributed by atoms with Gasteiger partial charge in [0.2, 0.25) is 5.95 Å². The quantitative estimate of drug-likeness (QED) is 0.468. The number of hydrogen-bond acceptors (Lipinski definition) is 7. The molecule has 8 nitrogen and oxygen atoms in total. The Labute approximate surface area is 110 Å². The second kappa shape index (κ2) is 5.37. The number of nitrogens with zero attached hydrogens (tertiary/aromatic N) is 3. The van der Waals surface area contributed by atoms with Gasteiger partial charge in [0.05, 0.1) is 18.2 Å². The summed E-state index contributed by atoms with van der Waals surface area (Å²) in [6.45, 7) is 2.49. The zero-order valence-electron chi connectivity index (χ0n) is 10.5. The number of rotatable bonds is 4. The van der Waals surface area contributed by atoms with Gasteiger partial charge in [0.25, 0.3) is 0 Å². The van der Waals surface area contributed by atoms with Gasteiger partial charge in [0.1, 0.15) is 5.82 Å². The summed E-state index contributed by atoms with van der Waals surface area (Å²) >= 11 is 0. The maximum atomic E-state index is 5.46. The molecule has 5 N–H and O–H groups in total. The molecule has 1 aliphatic rings. The molecule has 1 aliphatic heterocycles. The number of H-pyrrole nitrogens is 1. The van der Waals surface area contributed by atoms with Gasteiger partial charge in [-0.2, -0.15) is 15.1 Å². The zero-order chi connectivity index (χ0) is 13.1. The van der Waals surface area contributed by atoms with Gasteiger partial charge in [0, 0.05) is 13.2 Å². The molecule has 1 saturated heterocycles. The molecular weight excluding hydrogens is 246 g/mol. The molecule has 1 atom stereocenters. The average molecular weight is 263 g/mol. The van der Waals surface area contributed by atoms with E-state index >= 15 is 0 Å². The van der Waals surface area contributed by atoms with Crippen LogP contribution in [0.3, 0.4) is 0 Å². The van der Waals surface area contributed by atoms with Crippen molar-refractivity contribution in [3.8, 4) is 0 Å². The highest BCUT2D eigenvalue weighted by Gasteiger charge is 2.15. The molecule has 8 heteroatoms. The number of aromatic amines is 1. The summed E-state index contributed by atoms with van der Waals surface area (Å²) in [5.41, 5.74) is 3.11. The molecule has 0 spiro atoms. The van der Waals surface area contributed by atoms with E-state index in [4.69, 9.17) is 10.6 Å². The summed E-state index contributed by atoms with van der Waals surface area (Å²) in [7, 11) is 0. The van der Waals surface area contributed by atoms with E-state index in [0.717, 1.165) is 37.4 Å². The SMILES string of the molecule is NNc1nc(NCC2CCCOC2)c2cn[nH]c2n1. The number of aromatic nitrogens is 4. The zero-order valence-corrected chi connectivity index (χ0v) is 10.5. The summed E-state index contributed by atoms with van der Waals surface area (Å²) in [6.07, 6.45) is 4.00. The Morgan fingerprint density at radius 2 is 2.42 bits per heavy atom. The largest absolute Gasteiger partial charge is 0.381 e. The molecule has 3 heterocycles. The predicted molar refractivity (Wildman–Crippen MR) is 71.5 cm³/mol. The van der Waals surface area contributed by atoms with Crippen LogP contribution in [0.1, 0.15) is 12.8 Å². The standard InChI is InChI=1S/C11H17N7O/c12-17-11-15-9(8-5-14-18-10(8)16-11)13-4-7-2-1-3-19-6-7/h5,7H,1-4,6,12H2,(H3,13,14,15,16,17,18). The molecular formula is C11H17N7O. The number of fused-ring (bicyclic) bond motifs is 1. The molecule has 2 aromatic rings. The van der Waals surface area contributed by atoms with Crippen LogP contribution < -0.4 is 16.6 Å². The normalized spacial score (nSPS) is 19.5. The molecule has 1 unspecified atom stereocenters. The number of nitrogens with one attached hydrogen (secondary N) is 3. The van der Waals surface area contributed by atoms with Gasteiger partial charge in [0.15, 0.2) is 5.65 Å². The van der Waals surface area contributed by atoms with Crippen molar-refractivity contribution >= 4 is 22.8 Å². The van der Waals surface area contributed by atoms with Crippen LogP contribution in [0.25, 0.3) is 11.0 Å². The Morgan fingerprint density at radius 1 is 1.47 bits per heavy atom. The smallest absolute Gasteiger partial charge is 0.241 e. The number of hydrazine groups is 1. The third-order valence-electron chi connectivity index (χ3n) is 3.25. The lowest BCUT2D eigenvalue weighted by molar-refractivity contribution is 0.0595. The van der Waals surface area contributed by atoms with Crippen LogP contribution in [0.2, 0.25) is 0 Å². The molecule has 0 bridgehead atoms. The van der Waals surface area contributed by atoms with Crippen LogP contribution in [-0.2, 0) is 4.74 Å². The van der Waals surface area contributed by atoms with Crippen molar-refractivity contribution in [1.82, 2.24) is 20.2 Å². The topological polar surface area (TPSA) is 114 Å². The minimum absolute atomic E-state index is 0.360. The Hall–Kier alpha value is -1.93. The first-order chi connectivity index (χ1) is 9.36. The van der Waals surface area contributed by atoms with Gasteiger partial charge < -0.3 is 10.1 Å². The maximum absolute atomic E-state index is 5.46. The van der Waals surface area contributed by atoms with E-state index in [2.05, 4.69) is 30.9 Å². The second-order valence-electron chi connectivity index (χ2n) is 4.64. The van der Waals surface area contributed by atoms with E-state index < -0.39 is 0 Å². The van der Waals surface area contributed by atoms with Crippen molar-refractivity contribution in [3.63, 3.8) is 0 Å². The highest BCUT2D eigenvalue weighted by Crippen LogP contribution is 2.21. The molecule has 2 aromatic heterocycles. The van der Waals surface area contributed by atoms with Crippen LogP contribution in [0.4, 0.5) is 11.8 Å². The molecule has 0 radical (unpaired) electrons. The van der Waals surface area contributed by atoms with E-state index in [1.54, 1.807) is 6.20 Å². The van der Waals surface area contributed by atoms with Crippen molar-refractivity contribution in [2.45, 2.75) is 12.8 Å². The summed E-state index contributed by atoms with van der Waals surface area (Å²) in [5.74, 6) is 6.97. The molecule has 3 rings (SSSR count). The first-order valence-corrected chi connectivity index (χ1v) is 6.36. The summed E-state index contributed by atoms with van der Waals surface area (Å²) in [6, 6.07) is 0. The lowest BCUT2D eigenvalue weighted by Crippen LogP contribution is -2.24. The van der Waals surface area contributed by atoms with Crippen molar-refractivity contribution in [3.05, 3.63) is 6.20 Å². The number of anilines is 2. The van der Waals surface area contributed by atoms with Crippen molar-refractivity contribution in [2.24, 2.45) is 11.8 Å². The second-order valence-corrected chi connectivity index (χ2v) is 4.64. The molecule has 19 heavy (non-hydrogen) atoms. The Bertz CT molecular complexity index is 549. The molecule has 1 fully saturated rings. The molecule has 102 valence electrons. The Kier molecular flexibility index (Phi) is 3.43. The number of hydrogen-bond donors (Lipinski definition) is 4. The van der Waals surface area contributed by atoms with E-state index in [-0.39, 0.29) is 0 Å². The van der Waals surface area contributed by atoms with E-state index in [0.29, 0.717) is 17.5 Å². The lowest BCUT2D eigenvalue weighted by Gasteiger charge is -2.22. The van der Waals surface area contributed by atoms with E-state index in [1.807, 2.05) is 0 Å². The fourth-order valence-corrected chi connectivity index (χ4v) is 2.24. The third-order valence-corrected chi connectivity index (χ3v) is 3.25. The van der Waals surface area contributed by atoms with Crippen LogP contribution in [-0.4, -0.2) is 39.9 Å². The predicted octanol–water partition coefficient (Wildman–Crippen LogP) is 0.477. The highest BCUT2D eigenvalue weighted by molar-refractivity contribution is 5.86. The Balaban J connectivity index is 1.77. The number of ether oxygens (including phenoxy) is 1. The molecule has 0 saturated carbocycles. The van der Waals surface area contributed by atoms with Gasteiger partial charge in [-0.15, -0.1) is 0 Å². The number of nitrogen functional groups attached to an aromatic ring is 1. The monoisotopic (exact) mass is 263 g/mol. The summed E-state index contributed by atoms with van der Waals surface area (Å²) in [5, 5.41) is 11.0. The minimum atomic E-state index is 0.360. The van der Waals surface area contributed by atoms with Gasteiger partial charge in [-0.1, -0.05) is 0 Å². The molecule has 0 aromatic carbocycles. The third kappa shape index (κ3) is 2.59. The first-order valence-electron chi connectivity index (χ1n) is 6.36. The van der Waals surface area contributed by atoms with Crippen molar-refractivity contribution < 1.29 is 4.74 Å². The van der Waals surface area contributed by atoms with Crippen LogP contribution in [0.5, 0.6) is 0 Å². The van der Waals surface area contributed by atoms with E-state index in [1.165, 1.54) is 6.42 Å². The fourth-order valence-electron chi connectivity index (χ4n) is 2.24. The van der Waals surface area contributed by atoms with Crippen molar-refractivity contribution in [1.29, 1.82) is 0 Å². The summed E-state index contributed by atoms with van der Waals surface area (Å²) < 4.78 is 5.46. The maximum Gasteiger partial charge on any atom is 0.241 e. The Morgan fingerprint density at radius 3 is 3.21 bits per heavy atom. The number of nitrogens with two attached hydrogens (primary N) is 1. The highest BCUT2D eigenvalue weighted by atomic mass is 16.5. The van der Waals surface area contributed by atoms with Crippen LogP contribution >= 0.6 is 0 Å². The average Bonchev–Trinajstić information content (AvgIpc) is 2.94. The van der Waals surface area contributed by atoms with Gasteiger partial charge >= 0.3 is 0 Å². The summed E-state index contributed by atoms with van der Waals surface area (Å²) in [4.78, 5) is 8.50.